The van der Waals surface area contributed by atoms with Crippen LogP contribution in [0.1, 0.15) is 5.69 Å². The molecule has 0 unspecified atom stereocenters. The van der Waals surface area contributed by atoms with Crippen LogP contribution in [0.15, 0.2) is 36.5 Å². The SMILES string of the molecule is Cn1ccc(CNC(=O)Nc2cccc(Cl)c2)n1. The molecule has 0 radical (unpaired) electrons. The van der Waals surface area contributed by atoms with Gasteiger partial charge in [-0.3, -0.25) is 4.68 Å². The number of aryl methyl sites for hydroxylation is 1. The van der Waals surface area contributed by atoms with E-state index < -0.39 is 0 Å². The summed E-state index contributed by atoms with van der Waals surface area (Å²) in [7, 11) is 1.83. The first-order valence-corrected chi connectivity index (χ1v) is 5.80. The minimum absolute atomic E-state index is 0.289. The summed E-state index contributed by atoms with van der Waals surface area (Å²) in [5, 5.41) is 10.1. The Morgan fingerprint density at radius 1 is 1.44 bits per heavy atom. The van der Waals surface area contributed by atoms with Crippen LogP contribution in [0.5, 0.6) is 0 Å². The van der Waals surface area contributed by atoms with Crippen molar-refractivity contribution in [2.24, 2.45) is 7.05 Å². The molecule has 2 aromatic rings. The zero-order chi connectivity index (χ0) is 13.0. The second kappa shape index (κ2) is 5.55. The second-order valence-corrected chi connectivity index (χ2v) is 4.24. The van der Waals surface area contributed by atoms with Crippen LogP contribution in [0.4, 0.5) is 10.5 Å². The third-order valence-corrected chi connectivity index (χ3v) is 2.52. The van der Waals surface area contributed by atoms with Gasteiger partial charge in [0, 0.05) is 24.0 Å². The third kappa shape index (κ3) is 3.49. The van der Waals surface area contributed by atoms with Crippen LogP contribution in [-0.2, 0) is 13.6 Å². The molecule has 1 heterocycles. The Bertz CT molecular complexity index is 553. The van der Waals surface area contributed by atoms with Gasteiger partial charge in [0.1, 0.15) is 0 Å². The number of rotatable bonds is 3. The number of nitrogens with zero attached hydrogens (tertiary/aromatic N) is 2. The van der Waals surface area contributed by atoms with Gasteiger partial charge in [0.25, 0.3) is 0 Å². The van der Waals surface area contributed by atoms with Crippen LogP contribution in [0, 0.1) is 0 Å². The van der Waals surface area contributed by atoms with Crippen LogP contribution >= 0.6 is 11.6 Å². The van der Waals surface area contributed by atoms with Crippen molar-refractivity contribution in [3.05, 3.63) is 47.2 Å². The van der Waals surface area contributed by atoms with Gasteiger partial charge in [-0.1, -0.05) is 17.7 Å². The lowest BCUT2D eigenvalue weighted by molar-refractivity contribution is 0.251. The summed E-state index contributed by atoms with van der Waals surface area (Å²) in [6.45, 7) is 0.382. The Morgan fingerprint density at radius 2 is 2.28 bits per heavy atom. The van der Waals surface area contributed by atoms with E-state index in [-0.39, 0.29) is 6.03 Å². The van der Waals surface area contributed by atoms with Crippen LogP contribution in [0.25, 0.3) is 0 Å². The topological polar surface area (TPSA) is 59.0 Å². The predicted octanol–water partition coefficient (Wildman–Crippen LogP) is 2.40. The summed E-state index contributed by atoms with van der Waals surface area (Å²) < 4.78 is 1.69. The molecule has 0 saturated heterocycles. The van der Waals surface area contributed by atoms with E-state index in [0.29, 0.717) is 17.3 Å². The Kier molecular flexibility index (Phi) is 3.84. The summed E-state index contributed by atoms with van der Waals surface area (Å²) in [6.07, 6.45) is 1.83. The normalized spacial score (nSPS) is 10.1. The fraction of sp³-hybridized carbons (Fsp3) is 0.167. The van der Waals surface area contributed by atoms with Crippen molar-refractivity contribution in [1.82, 2.24) is 15.1 Å². The van der Waals surface area contributed by atoms with E-state index in [1.807, 2.05) is 19.3 Å². The predicted molar refractivity (Wildman–Crippen MR) is 70.5 cm³/mol. The fourth-order valence-electron chi connectivity index (χ4n) is 1.47. The molecule has 6 heteroatoms. The monoisotopic (exact) mass is 264 g/mol. The van der Waals surface area contributed by atoms with Gasteiger partial charge in [0.05, 0.1) is 12.2 Å². The lowest BCUT2D eigenvalue weighted by atomic mass is 10.3. The third-order valence-electron chi connectivity index (χ3n) is 2.28. The molecule has 5 nitrogen and oxygen atoms in total. The van der Waals surface area contributed by atoms with Crippen LogP contribution in [-0.4, -0.2) is 15.8 Å². The average Bonchev–Trinajstić information content (AvgIpc) is 2.73. The van der Waals surface area contributed by atoms with E-state index in [1.54, 1.807) is 28.9 Å². The van der Waals surface area contributed by atoms with Gasteiger partial charge in [-0.05, 0) is 24.3 Å². The number of benzene rings is 1. The highest BCUT2D eigenvalue weighted by Crippen LogP contribution is 2.14. The fourth-order valence-corrected chi connectivity index (χ4v) is 1.66. The number of aromatic nitrogens is 2. The largest absolute Gasteiger partial charge is 0.332 e. The van der Waals surface area contributed by atoms with E-state index in [2.05, 4.69) is 15.7 Å². The Balaban J connectivity index is 1.85. The molecule has 2 N–H and O–H groups in total. The smallest absolute Gasteiger partial charge is 0.319 e. The van der Waals surface area contributed by atoms with Crippen molar-refractivity contribution in [3.8, 4) is 0 Å². The molecule has 0 aliphatic heterocycles. The van der Waals surface area contributed by atoms with E-state index in [4.69, 9.17) is 11.6 Å². The summed E-state index contributed by atoms with van der Waals surface area (Å²) in [5.74, 6) is 0. The summed E-state index contributed by atoms with van der Waals surface area (Å²) in [5.41, 5.74) is 1.46. The zero-order valence-electron chi connectivity index (χ0n) is 9.85. The number of carbonyl (C=O) groups excluding carboxylic acids is 1. The van der Waals surface area contributed by atoms with Gasteiger partial charge >= 0.3 is 6.03 Å². The molecule has 0 saturated carbocycles. The lowest BCUT2D eigenvalue weighted by Crippen LogP contribution is -2.28. The molecular weight excluding hydrogens is 252 g/mol. The van der Waals surface area contributed by atoms with Gasteiger partial charge < -0.3 is 10.6 Å². The molecule has 2 amide bonds. The first-order chi connectivity index (χ1) is 8.63. The van der Waals surface area contributed by atoms with E-state index in [9.17, 15) is 4.79 Å². The lowest BCUT2D eigenvalue weighted by Gasteiger charge is -2.06. The molecule has 0 fully saturated rings. The van der Waals surface area contributed by atoms with Crippen molar-refractivity contribution in [2.45, 2.75) is 6.54 Å². The van der Waals surface area contributed by atoms with Gasteiger partial charge in [0.2, 0.25) is 0 Å². The number of amides is 2. The van der Waals surface area contributed by atoms with E-state index >= 15 is 0 Å². The number of carbonyl (C=O) groups is 1. The van der Waals surface area contributed by atoms with Crippen molar-refractivity contribution < 1.29 is 4.79 Å². The molecule has 0 aliphatic carbocycles. The second-order valence-electron chi connectivity index (χ2n) is 3.80. The Hall–Kier alpha value is -2.01. The molecule has 18 heavy (non-hydrogen) atoms. The molecule has 94 valence electrons. The highest BCUT2D eigenvalue weighted by molar-refractivity contribution is 6.30. The summed E-state index contributed by atoms with van der Waals surface area (Å²) in [6, 6.07) is 8.53. The number of nitrogens with one attached hydrogen (secondary N) is 2. The molecule has 1 aromatic heterocycles. The number of hydrogen-bond acceptors (Lipinski definition) is 2. The standard InChI is InChI=1S/C12H13ClN4O/c1-17-6-5-11(16-17)8-14-12(18)15-10-4-2-3-9(13)7-10/h2-7H,8H2,1H3,(H2,14,15,18). The van der Waals surface area contributed by atoms with Gasteiger partial charge in [-0.25, -0.2) is 4.79 Å². The molecule has 0 bridgehead atoms. The molecule has 0 atom stereocenters. The zero-order valence-corrected chi connectivity index (χ0v) is 10.6. The van der Waals surface area contributed by atoms with Gasteiger partial charge in [-0.15, -0.1) is 0 Å². The van der Waals surface area contributed by atoms with Crippen molar-refractivity contribution in [1.29, 1.82) is 0 Å². The van der Waals surface area contributed by atoms with E-state index in [0.717, 1.165) is 5.69 Å². The van der Waals surface area contributed by atoms with Crippen molar-refractivity contribution >= 4 is 23.3 Å². The number of anilines is 1. The highest BCUT2D eigenvalue weighted by atomic mass is 35.5. The van der Waals surface area contributed by atoms with Crippen LogP contribution < -0.4 is 10.6 Å². The van der Waals surface area contributed by atoms with Crippen LogP contribution in [0.2, 0.25) is 5.02 Å². The number of urea groups is 1. The Morgan fingerprint density at radius 3 is 2.94 bits per heavy atom. The quantitative estimate of drug-likeness (QED) is 0.894. The van der Waals surface area contributed by atoms with Gasteiger partial charge in [-0.2, -0.15) is 5.10 Å². The Labute approximate surface area is 110 Å². The summed E-state index contributed by atoms with van der Waals surface area (Å²) >= 11 is 5.82. The molecule has 2 rings (SSSR count). The molecular formula is C12H13ClN4O. The van der Waals surface area contributed by atoms with Crippen molar-refractivity contribution in [3.63, 3.8) is 0 Å². The van der Waals surface area contributed by atoms with E-state index in [1.165, 1.54) is 0 Å². The maximum atomic E-state index is 11.6. The number of hydrogen-bond donors (Lipinski definition) is 2. The minimum Gasteiger partial charge on any atom is -0.332 e. The summed E-state index contributed by atoms with van der Waals surface area (Å²) in [4.78, 5) is 11.6. The first-order valence-electron chi connectivity index (χ1n) is 5.42. The maximum absolute atomic E-state index is 11.6. The van der Waals surface area contributed by atoms with Crippen molar-refractivity contribution in [2.75, 3.05) is 5.32 Å². The minimum atomic E-state index is -0.289. The molecule has 0 aliphatic rings. The molecule has 1 aromatic carbocycles. The number of halogens is 1. The molecule has 0 spiro atoms. The highest BCUT2D eigenvalue weighted by Gasteiger charge is 2.03. The maximum Gasteiger partial charge on any atom is 0.319 e. The first kappa shape index (κ1) is 12.4. The van der Waals surface area contributed by atoms with Crippen LogP contribution in [0.3, 0.4) is 0 Å². The average molecular weight is 265 g/mol. The van der Waals surface area contributed by atoms with Gasteiger partial charge in [0.15, 0.2) is 0 Å².